The van der Waals surface area contributed by atoms with Gasteiger partial charge in [0.25, 0.3) is 5.69 Å². The number of allylic oxidation sites excluding steroid dienone is 2. The van der Waals surface area contributed by atoms with Crippen LogP contribution in [0, 0.1) is 45.6 Å². The topological polar surface area (TPSA) is 124 Å². The maximum atomic E-state index is 13.4. The van der Waals surface area contributed by atoms with Crippen molar-refractivity contribution < 1.29 is 28.8 Å². The average Bonchev–Trinajstić information content (AvgIpc) is 3.65. The number of anilines is 1. The molecular weight excluding hydrogens is 452 g/mol. The summed E-state index contributed by atoms with van der Waals surface area (Å²) >= 11 is 0. The number of non-ortho nitro benzene ring substituents is 1. The number of imide groups is 1. The molecule has 6 atom stereocenters. The minimum Gasteiger partial charge on any atom is -0.454 e. The Labute approximate surface area is 199 Å². The summed E-state index contributed by atoms with van der Waals surface area (Å²) in [4.78, 5) is 63.5. The highest BCUT2D eigenvalue weighted by molar-refractivity contribution is 6.24. The third-order valence-corrected chi connectivity index (χ3v) is 7.76. The Bertz CT molecular complexity index is 1300. The Hall–Kier alpha value is -4.14. The molecule has 0 unspecified atom stereocenters. The molecule has 0 N–H and O–H groups in total. The molecule has 4 aliphatic carbocycles. The van der Waals surface area contributed by atoms with Gasteiger partial charge in [-0.2, -0.15) is 0 Å². The van der Waals surface area contributed by atoms with Gasteiger partial charge in [0.2, 0.25) is 11.8 Å². The predicted octanol–water partition coefficient (Wildman–Crippen LogP) is 3.19. The molecule has 0 aromatic heterocycles. The van der Waals surface area contributed by atoms with E-state index in [1.807, 2.05) is 0 Å². The number of nitrogens with zero attached hydrogens (tertiary/aromatic N) is 2. The summed E-state index contributed by atoms with van der Waals surface area (Å²) in [5.41, 5.74) is 0.189. The largest absolute Gasteiger partial charge is 0.454 e. The molecule has 35 heavy (non-hydrogen) atoms. The minimum atomic E-state index is -0.838. The number of carbonyl (C=O) groups is 4. The number of hydrogen-bond donors (Lipinski definition) is 0. The Morgan fingerprint density at radius 2 is 1.54 bits per heavy atom. The van der Waals surface area contributed by atoms with Gasteiger partial charge in [-0.1, -0.05) is 24.3 Å². The fourth-order valence-corrected chi connectivity index (χ4v) is 6.10. The van der Waals surface area contributed by atoms with E-state index in [9.17, 15) is 29.3 Å². The molecule has 2 bridgehead atoms. The van der Waals surface area contributed by atoms with Crippen LogP contribution in [0.3, 0.4) is 0 Å². The number of benzene rings is 2. The van der Waals surface area contributed by atoms with Gasteiger partial charge in [0, 0.05) is 17.7 Å². The fraction of sp³-hybridized carbons (Fsp3) is 0.308. The molecule has 2 saturated carbocycles. The van der Waals surface area contributed by atoms with Crippen molar-refractivity contribution in [3.63, 3.8) is 0 Å². The molecule has 7 rings (SSSR count). The minimum absolute atomic E-state index is 0.0230. The van der Waals surface area contributed by atoms with Crippen molar-refractivity contribution in [2.24, 2.45) is 35.5 Å². The Morgan fingerprint density at radius 1 is 0.943 bits per heavy atom. The lowest BCUT2D eigenvalue weighted by Gasteiger charge is -2.37. The Morgan fingerprint density at radius 3 is 2.14 bits per heavy atom. The van der Waals surface area contributed by atoms with Gasteiger partial charge >= 0.3 is 5.97 Å². The van der Waals surface area contributed by atoms with Crippen molar-refractivity contribution in [1.29, 1.82) is 0 Å². The Balaban J connectivity index is 1.21. The molecule has 9 heteroatoms. The zero-order valence-corrected chi connectivity index (χ0v) is 18.4. The van der Waals surface area contributed by atoms with Crippen molar-refractivity contribution >= 4 is 34.9 Å². The lowest BCUT2D eigenvalue weighted by atomic mass is 9.63. The summed E-state index contributed by atoms with van der Waals surface area (Å²) in [6, 6.07) is 11.2. The molecule has 1 saturated heterocycles. The SMILES string of the molecule is O=C(COC(=O)c1ccccc1N1C(=O)[C@H]2[C@@H]3C=C[C@H]([C@H]4C[C@H]34)[C@@H]2C1=O)c1ccc([N+](=O)[O-])cc1. The van der Waals surface area contributed by atoms with Crippen LogP contribution in [0.15, 0.2) is 60.7 Å². The zero-order chi connectivity index (χ0) is 24.4. The highest BCUT2D eigenvalue weighted by Crippen LogP contribution is 2.65. The molecule has 0 radical (unpaired) electrons. The second-order valence-electron chi connectivity index (χ2n) is 9.49. The van der Waals surface area contributed by atoms with Crippen molar-refractivity contribution in [1.82, 2.24) is 0 Å². The predicted molar refractivity (Wildman–Crippen MR) is 121 cm³/mol. The summed E-state index contributed by atoms with van der Waals surface area (Å²) < 4.78 is 5.21. The standard InChI is InChI=1S/C26H20N2O7/c29-21(13-5-7-14(8-6-13)28(33)34)12-35-26(32)17-3-1-2-4-20(17)27-24(30)22-15-9-10-16(19-11-18(15)19)23(22)25(27)31/h1-10,15-16,18-19,22-23H,11-12H2/t15-,16-,18-,19-,22+,23+/m1/s1. The van der Waals surface area contributed by atoms with Crippen LogP contribution < -0.4 is 4.90 Å². The maximum absolute atomic E-state index is 13.4. The van der Waals surface area contributed by atoms with E-state index >= 15 is 0 Å². The van der Waals surface area contributed by atoms with Crippen LogP contribution in [-0.4, -0.2) is 35.1 Å². The van der Waals surface area contributed by atoms with Gasteiger partial charge in [0.1, 0.15) is 0 Å². The summed E-state index contributed by atoms with van der Waals surface area (Å²) in [7, 11) is 0. The quantitative estimate of drug-likeness (QED) is 0.158. The fourth-order valence-electron chi connectivity index (χ4n) is 6.10. The number of nitro benzene ring substituents is 1. The van der Waals surface area contributed by atoms with Crippen LogP contribution in [0.5, 0.6) is 0 Å². The highest BCUT2D eigenvalue weighted by atomic mass is 16.6. The monoisotopic (exact) mass is 472 g/mol. The number of hydrogen-bond acceptors (Lipinski definition) is 7. The summed E-state index contributed by atoms with van der Waals surface area (Å²) in [5, 5.41) is 10.8. The van der Waals surface area contributed by atoms with Gasteiger partial charge in [-0.15, -0.1) is 0 Å². The number of rotatable bonds is 6. The lowest BCUT2D eigenvalue weighted by molar-refractivity contribution is -0.384. The number of Topliss-reactive ketones (excluding diaryl/α,β-unsaturated/α-hetero) is 1. The normalized spacial score (nSPS) is 29.5. The van der Waals surface area contributed by atoms with E-state index < -0.39 is 35.1 Å². The van der Waals surface area contributed by atoms with E-state index in [0.29, 0.717) is 11.8 Å². The maximum Gasteiger partial charge on any atom is 0.340 e. The molecule has 176 valence electrons. The zero-order valence-electron chi connectivity index (χ0n) is 18.4. The molecular formula is C26H20N2O7. The third-order valence-electron chi connectivity index (χ3n) is 7.76. The van der Waals surface area contributed by atoms with Gasteiger partial charge in [-0.25, -0.2) is 9.69 Å². The van der Waals surface area contributed by atoms with Crippen LogP contribution in [-0.2, 0) is 14.3 Å². The van der Waals surface area contributed by atoms with E-state index in [4.69, 9.17) is 4.74 Å². The van der Waals surface area contributed by atoms with Crippen molar-refractivity contribution in [3.8, 4) is 0 Å². The van der Waals surface area contributed by atoms with Crippen molar-refractivity contribution in [2.45, 2.75) is 6.42 Å². The first-order valence-electron chi connectivity index (χ1n) is 11.5. The number of ether oxygens (including phenoxy) is 1. The first-order chi connectivity index (χ1) is 16.9. The number of nitro groups is 1. The van der Waals surface area contributed by atoms with Crippen LogP contribution in [0.1, 0.15) is 27.1 Å². The molecule has 9 nitrogen and oxygen atoms in total. The number of carbonyl (C=O) groups excluding carboxylic acids is 4. The molecule has 5 aliphatic rings. The molecule has 0 spiro atoms. The van der Waals surface area contributed by atoms with Gasteiger partial charge in [0.15, 0.2) is 12.4 Å². The smallest absolute Gasteiger partial charge is 0.340 e. The number of amides is 2. The summed E-state index contributed by atoms with van der Waals surface area (Å²) in [6.45, 7) is -0.588. The Kier molecular flexibility index (Phi) is 4.70. The van der Waals surface area contributed by atoms with Crippen LogP contribution >= 0.6 is 0 Å². The van der Waals surface area contributed by atoms with E-state index in [1.165, 1.54) is 36.4 Å². The lowest BCUT2D eigenvalue weighted by Crippen LogP contribution is -2.40. The summed E-state index contributed by atoms with van der Waals surface area (Å²) in [6.07, 6.45) is 5.22. The van der Waals surface area contributed by atoms with E-state index in [0.717, 1.165) is 11.3 Å². The van der Waals surface area contributed by atoms with E-state index in [2.05, 4.69) is 12.2 Å². The average molecular weight is 472 g/mol. The number of ketones is 1. The van der Waals surface area contributed by atoms with Gasteiger partial charge in [0.05, 0.1) is 28.0 Å². The van der Waals surface area contributed by atoms with Crippen molar-refractivity contribution in [3.05, 3.63) is 81.9 Å². The molecule has 1 heterocycles. The number of para-hydroxylation sites is 1. The van der Waals surface area contributed by atoms with Crippen LogP contribution in [0.4, 0.5) is 11.4 Å². The first kappa shape index (κ1) is 21.4. The molecule has 2 aromatic rings. The molecule has 2 amide bonds. The first-order valence-corrected chi connectivity index (χ1v) is 11.5. The molecule has 2 aromatic carbocycles. The van der Waals surface area contributed by atoms with Gasteiger partial charge < -0.3 is 4.74 Å². The third kappa shape index (κ3) is 3.22. The van der Waals surface area contributed by atoms with Gasteiger partial charge in [-0.3, -0.25) is 24.5 Å². The second-order valence-corrected chi connectivity index (χ2v) is 9.49. The van der Waals surface area contributed by atoms with Crippen molar-refractivity contribution in [2.75, 3.05) is 11.5 Å². The highest BCUT2D eigenvalue weighted by Gasteiger charge is 2.67. The molecule has 3 fully saturated rings. The summed E-state index contributed by atoms with van der Waals surface area (Å²) in [5.74, 6) is -1.67. The van der Waals surface area contributed by atoms with Gasteiger partial charge in [-0.05, 0) is 54.4 Å². The van der Waals surface area contributed by atoms with Crippen LogP contribution in [0.2, 0.25) is 0 Å². The van der Waals surface area contributed by atoms with E-state index in [1.54, 1.807) is 12.1 Å². The van der Waals surface area contributed by atoms with Crippen LogP contribution in [0.25, 0.3) is 0 Å². The number of esters is 1. The molecule has 1 aliphatic heterocycles. The van der Waals surface area contributed by atoms with E-state index in [-0.39, 0.29) is 46.2 Å². The second kappa shape index (κ2) is 7.69.